The summed E-state index contributed by atoms with van der Waals surface area (Å²) in [5.74, 6) is -0.329. The second-order valence-corrected chi connectivity index (χ2v) is 7.42. The number of carbonyl (C=O) groups excluding carboxylic acids is 1. The van der Waals surface area contributed by atoms with Gasteiger partial charge in [0.05, 0.1) is 4.92 Å². The Morgan fingerprint density at radius 2 is 1.57 bits per heavy atom. The molecule has 0 unspecified atom stereocenters. The van der Waals surface area contributed by atoms with Crippen LogP contribution in [0.5, 0.6) is 0 Å². The van der Waals surface area contributed by atoms with E-state index in [1.165, 1.54) is 17.7 Å². The molecule has 0 saturated heterocycles. The fourth-order valence-electron chi connectivity index (χ4n) is 2.61. The summed E-state index contributed by atoms with van der Waals surface area (Å²) in [7, 11) is 0. The molecule has 1 heterocycles. The van der Waals surface area contributed by atoms with Crippen molar-refractivity contribution in [3.8, 4) is 0 Å². The second-order valence-electron chi connectivity index (χ2n) is 7.42. The molecule has 6 heteroatoms. The molecule has 142 valence electrons. The minimum absolute atomic E-state index is 0.0180. The minimum Gasteiger partial charge on any atom is -0.403 e. The zero-order chi connectivity index (χ0) is 20.3. The van der Waals surface area contributed by atoms with Gasteiger partial charge in [-0.25, -0.2) is 9.79 Å². The minimum atomic E-state index is -0.511. The van der Waals surface area contributed by atoms with E-state index >= 15 is 0 Å². The van der Waals surface area contributed by atoms with E-state index in [2.05, 4.69) is 25.8 Å². The average Bonchev–Trinajstić information content (AvgIpc) is 2.99. The van der Waals surface area contributed by atoms with Crippen molar-refractivity contribution in [3.05, 3.63) is 87.1 Å². The first kappa shape index (κ1) is 19.2. The summed E-state index contributed by atoms with van der Waals surface area (Å²) in [6, 6.07) is 14.0. The van der Waals surface area contributed by atoms with E-state index in [-0.39, 0.29) is 22.7 Å². The highest BCUT2D eigenvalue weighted by molar-refractivity contribution is 6.11. The summed E-state index contributed by atoms with van der Waals surface area (Å²) in [6.07, 6.45) is 4.92. The number of carbonyl (C=O) groups is 1. The van der Waals surface area contributed by atoms with Gasteiger partial charge in [0, 0.05) is 18.2 Å². The molecule has 0 amide bonds. The number of benzene rings is 2. The predicted molar refractivity (Wildman–Crippen MR) is 109 cm³/mol. The topological polar surface area (TPSA) is 81.8 Å². The first-order valence-corrected chi connectivity index (χ1v) is 8.78. The van der Waals surface area contributed by atoms with Crippen molar-refractivity contribution in [1.82, 2.24) is 0 Å². The van der Waals surface area contributed by atoms with Crippen molar-refractivity contribution < 1.29 is 14.5 Å². The number of non-ortho nitro benzene ring substituents is 1. The van der Waals surface area contributed by atoms with Crippen LogP contribution in [0.15, 0.2) is 65.3 Å². The number of cyclic esters (lactones) is 1. The maximum atomic E-state index is 12.0. The smallest absolute Gasteiger partial charge is 0.363 e. The molecule has 0 radical (unpaired) electrons. The van der Waals surface area contributed by atoms with Crippen LogP contribution in [0, 0.1) is 10.1 Å². The van der Waals surface area contributed by atoms with Crippen LogP contribution < -0.4 is 0 Å². The van der Waals surface area contributed by atoms with E-state index in [1.807, 2.05) is 24.3 Å². The van der Waals surface area contributed by atoms with Crippen LogP contribution in [-0.4, -0.2) is 16.8 Å². The SMILES string of the molecule is CC(C)(C)c1ccc(C=C2N=C(C=Cc3ccc([N+](=O)[O-])cc3)OC2=O)cc1. The van der Waals surface area contributed by atoms with Gasteiger partial charge in [-0.1, -0.05) is 45.0 Å². The molecule has 28 heavy (non-hydrogen) atoms. The van der Waals surface area contributed by atoms with Gasteiger partial charge in [0.2, 0.25) is 5.90 Å². The molecule has 6 nitrogen and oxygen atoms in total. The van der Waals surface area contributed by atoms with Crippen molar-refractivity contribution in [2.24, 2.45) is 4.99 Å². The lowest BCUT2D eigenvalue weighted by atomic mass is 9.87. The normalized spacial score (nSPS) is 15.8. The van der Waals surface area contributed by atoms with E-state index < -0.39 is 10.9 Å². The Hall–Kier alpha value is -3.54. The van der Waals surface area contributed by atoms with Crippen LogP contribution >= 0.6 is 0 Å². The van der Waals surface area contributed by atoms with Crippen LogP contribution in [0.1, 0.15) is 37.5 Å². The Bertz CT molecular complexity index is 992. The van der Waals surface area contributed by atoms with Crippen molar-refractivity contribution in [2.75, 3.05) is 0 Å². The molecule has 0 N–H and O–H groups in total. The largest absolute Gasteiger partial charge is 0.403 e. The maximum absolute atomic E-state index is 12.0. The molecule has 3 rings (SSSR count). The number of ether oxygens (including phenoxy) is 1. The van der Waals surface area contributed by atoms with Gasteiger partial charge in [-0.15, -0.1) is 0 Å². The molecule has 0 aliphatic carbocycles. The molecule has 0 saturated carbocycles. The fourth-order valence-corrected chi connectivity index (χ4v) is 2.61. The number of hydrogen-bond acceptors (Lipinski definition) is 5. The summed E-state index contributed by atoms with van der Waals surface area (Å²) in [5.41, 5.74) is 3.12. The molecule has 0 fully saturated rings. The maximum Gasteiger partial charge on any atom is 0.363 e. The summed E-state index contributed by atoms with van der Waals surface area (Å²) in [6.45, 7) is 6.42. The molecule has 0 atom stereocenters. The Morgan fingerprint density at radius 1 is 0.964 bits per heavy atom. The molecule has 2 aromatic carbocycles. The average molecular weight is 376 g/mol. The third kappa shape index (κ3) is 4.59. The zero-order valence-electron chi connectivity index (χ0n) is 15.9. The highest BCUT2D eigenvalue weighted by Gasteiger charge is 2.21. The molecule has 2 aromatic rings. The van der Waals surface area contributed by atoms with Crippen LogP contribution in [0.4, 0.5) is 5.69 Å². The number of esters is 1. The lowest BCUT2D eigenvalue weighted by Gasteiger charge is -2.18. The summed E-state index contributed by atoms with van der Waals surface area (Å²) < 4.78 is 5.16. The van der Waals surface area contributed by atoms with E-state index in [9.17, 15) is 14.9 Å². The quantitative estimate of drug-likeness (QED) is 0.329. The van der Waals surface area contributed by atoms with Crippen molar-refractivity contribution in [2.45, 2.75) is 26.2 Å². The highest BCUT2D eigenvalue weighted by Crippen LogP contribution is 2.23. The molecular formula is C22H20N2O4. The fraction of sp³-hybridized carbons (Fsp3) is 0.182. The van der Waals surface area contributed by atoms with Gasteiger partial charge < -0.3 is 4.74 Å². The third-order valence-corrected chi connectivity index (χ3v) is 4.24. The number of hydrogen-bond donors (Lipinski definition) is 0. The van der Waals surface area contributed by atoms with Gasteiger partial charge in [0.1, 0.15) is 0 Å². The molecule has 1 aliphatic heterocycles. The molecule has 1 aliphatic rings. The van der Waals surface area contributed by atoms with Crippen molar-refractivity contribution >= 4 is 29.7 Å². The highest BCUT2D eigenvalue weighted by atomic mass is 16.6. The Labute approximate surface area is 163 Å². The Kier molecular flexibility index (Phi) is 5.22. The third-order valence-electron chi connectivity index (χ3n) is 4.24. The second kappa shape index (κ2) is 7.60. The molecular weight excluding hydrogens is 356 g/mol. The number of rotatable bonds is 4. The predicted octanol–water partition coefficient (Wildman–Crippen LogP) is 4.90. The summed E-state index contributed by atoms with van der Waals surface area (Å²) in [4.78, 5) is 26.5. The van der Waals surface area contributed by atoms with E-state index in [1.54, 1.807) is 30.4 Å². The molecule has 0 bridgehead atoms. The van der Waals surface area contributed by atoms with Gasteiger partial charge in [-0.3, -0.25) is 10.1 Å². The van der Waals surface area contributed by atoms with Gasteiger partial charge >= 0.3 is 5.97 Å². The van der Waals surface area contributed by atoms with Gasteiger partial charge in [-0.2, -0.15) is 0 Å². The number of nitro benzene ring substituents is 1. The number of nitrogens with zero attached hydrogens (tertiary/aromatic N) is 2. The lowest BCUT2D eigenvalue weighted by Crippen LogP contribution is -2.10. The van der Waals surface area contributed by atoms with Crippen LogP contribution in [-0.2, 0) is 14.9 Å². The van der Waals surface area contributed by atoms with E-state index in [0.717, 1.165) is 11.1 Å². The standard InChI is InChI=1S/C22H20N2O4/c1-22(2,3)17-9-4-16(5-10-17)14-19-21(25)28-20(23-19)13-8-15-6-11-18(12-7-15)24(26)27/h4-14H,1-3H3. The van der Waals surface area contributed by atoms with Gasteiger partial charge in [-0.05, 0) is 46.4 Å². The lowest BCUT2D eigenvalue weighted by molar-refractivity contribution is -0.384. The first-order chi connectivity index (χ1) is 13.2. The summed E-state index contributed by atoms with van der Waals surface area (Å²) >= 11 is 0. The van der Waals surface area contributed by atoms with Crippen LogP contribution in [0.3, 0.4) is 0 Å². The number of aliphatic imine (C=N–C) groups is 1. The summed E-state index contributed by atoms with van der Waals surface area (Å²) in [5, 5.41) is 10.7. The van der Waals surface area contributed by atoms with Gasteiger partial charge in [0.25, 0.3) is 5.69 Å². The zero-order valence-corrected chi connectivity index (χ0v) is 15.9. The monoisotopic (exact) mass is 376 g/mol. The van der Waals surface area contributed by atoms with E-state index in [4.69, 9.17) is 4.74 Å². The number of nitro groups is 1. The molecule has 0 spiro atoms. The van der Waals surface area contributed by atoms with Crippen molar-refractivity contribution in [1.29, 1.82) is 0 Å². The Morgan fingerprint density at radius 3 is 2.14 bits per heavy atom. The van der Waals surface area contributed by atoms with Gasteiger partial charge in [0.15, 0.2) is 5.70 Å². The van der Waals surface area contributed by atoms with Crippen LogP contribution in [0.2, 0.25) is 0 Å². The molecule has 0 aromatic heterocycles. The van der Waals surface area contributed by atoms with E-state index in [0.29, 0.717) is 0 Å². The first-order valence-electron chi connectivity index (χ1n) is 8.78. The van der Waals surface area contributed by atoms with Crippen molar-refractivity contribution in [3.63, 3.8) is 0 Å². The Balaban J connectivity index is 1.75. The van der Waals surface area contributed by atoms with Crippen LogP contribution in [0.25, 0.3) is 12.2 Å².